The van der Waals surface area contributed by atoms with E-state index in [4.69, 9.17) is 21.9 Å². The molecule has 1 aliphatic rings. The van der Waals surface area contributed by atoms with Gasteiger partial charge >= 0.3 is 29.8 Å². The quantitative estimate of drug-likeness (QED) is 0.0223. The molecule has 43 nitrogen and oxygen atoms in total. The Morgan fingerprint density at radius 3 is 1.77 bits per heavy atom. The second-order valence-electron chi connectivity index (χ2n) is 28.6. The molecule has 0 saturated carbocycles. The van der Waals surface area contributed by atoms with E-state index in [1.54, 1.807) is 30.5 Å². The van der Waals surface area contributed by atoms with Gasteiger partial charge in [-0.1, -0.05) is 84.9 Å². The number of nitrogens with one attached hydrogen (secondary N) is 13. The average molecular weight is 1630 g/mol. The predicted octanol–water partition coefficient (Wildman–Crippen LogP) is -5.60. The number of benzene rings is 1. The number of hydrogen-bond donors (Lipinski definition) is 21. The zero-order valence-electron chi connectivity index (χ0n) is 65.3. The number of rotatable bonds is 36. The minimum Gasteiger partial charge on any atom is -0.481 e. The van der Waals surface area contributed by atoms with Crippen LogP contribution in [0.2, 0.25) is 0 Å². The van der Waals surface area contributed by atoms with Gasteiger partial charge in [-0.3, -0.25) is 91.1 Å². The standard InChI is InChI=1S/C72H109N17O26/c1-9-35(4)57-72(114)115-38(7)58(87-70(112)59(60(102)61(75)103)88-65(107)43(23-24-52(94)95)82-66(108)44(27-39-31-76-41-20-15-14-19-40(39)41)79-49(91)22-13-11-10-12-18-34(2)3)71(113)89(8)33-51(93)78-37(6)62(104)83-47(30-55(100)101)67(109)81-42(21-16-17-25-73)64(106)84-46(29-54(98)99)63(105)77-32-50(92)80-45(28-48(74)90)68(110)85-56(69(111)86-57)36(5)26-53(96)97/h14-15,19-20,31,34-38,42-47,56-60,76,102H,9-13,16-18,21-30,32-33,73H2,1-8H3,(H2,74,90)(H2,75,103)(H,77,105)(H,78,93)(H,79,91)(H,80,92)(H,81,109)(H,82,108)(H,83,104)(H,84,106)(H,85,110)(H,86,111)(H,87,112)(H,88,107)(H,94,95)(H,96,97)(H,98,99)(H,100,101). The summed E-state index contributed by atoms with van der Waals surface area (Å²) >= 11 is 0. The van der Waals surface area contributed by atoms with E-state index in [0.29, 0.717) is 40.1 Å². The molecule has 0 aliphatic carbocycles. The van der Waals surface area contributed by atoms with E-state index < -0.39 is 261 Å². The van der Waals surface area contributed by atoms with Crippen LogP contribution in [-0.2, 0) is 107 Å². The number of ether oxygens (including phenoxy) is 1. The van der Waals surface area contributed by atoms with Crippen molar-refractivity contribution in [1.82, 2.24) is 73.7 Å². The Morgan fingerprint density at radius 2 is 1.17 bits per heavy atom. The van der Waals surface area contributed by atoms with Gasteiger partial charge in [-0.05, 0) is 81.9 Å². The van der Waals surface area contributed by atoms with E-state index in [9.17, 15) is 121 Å². The van der Waals surface area contributed by atoms with Crippen molar-refractivity contribution in [1.29, 1.82) is 0 Å². The maximum absolute atomic E-state index is 15.0. The fourth-order valence-corrected chi connectivity index (χ4v) is 11.9. The number of aromatic nitrogens is 1. The Balaban J connectivity index is 2.28. The Labute approximate surface area is 660 Å². The molecule has 43 heteroatoms. The molecular formula is C72H109N17O26. The van der Waals surface area contributed by atoms with E-state index in [1.807, 2.05) is 10.6 Å². The van der Waals surface area contributed by atoms with Crippen molar-refractivity contribution in [2.24, 2.45) is 35.0 Å². The van der Waals surface area contributed by atoms with Gasteiger partial charge in [0, 0.05) is 43.4 Å². The number of aliphatic carboxylic acids is 4. The van der Waals surface area contributed by atoms with E-state index in [0.717, 1.165) is 47.1 Å². The molecule has 3 rings (SSSR count). The van der Waals surface area contributed by atoms with Gasteiger partial charge in [0.2, 0.25) is 88.6 Å². The number of unbranched alkanes of at least 4 members (excludes halogenated alkanes) is 4. The first kappa shape index (κ1) is 97.3. The maximum Gasteiger partial charge on any atom is 0.329 e. The molecule has 1 aromatic heterocycles. The molecule has 115 heavy (non-hydrogen) atoms. The molecule has 1 aromatic carbocycles. The van der Waals surface area contributed by atoms with Crippen LogP contribution in [0.1, 0.15) is 157 Å². The number of likely N-dealkylation sites (N-methyl/N-ethyl adjacent to an activating group) is 1. The third-order valence-electron chi connectivity index (χ3n) is 18.5. The molecule has 0 bridgehead atoms. The number of carbonyl (C=O) groups is 20. The van der Waals surface area contributed by atoms with Crippen LogP contribution in [0.25, 0.3) is 10.9 Å². The van der Waals surface area contributed by atoms with Crippen molar-refractivity contribution in [3.05, 3.63) is 36.0 Å². The van der Waals surface area contributed by atoms with Gasteiger partial charge in [0.25, 0.3) is 0 Å². The van der Waals surface area contributed by atoms with Gasteiger partial charge in [0.05, 0.1) is 38.8 Å². The number of H-pyrrole nitrogens is 1. The highest BCUT2D eigenvalue weighted by Crippen LogP contribution is 2.22. The maximum atomic E-state index is 15.0. The number of esters is 1. The van der Waals surface area contributed by atoms with Crippen molar-refractivity contribution in [2.75, 3.05) is 26.7 Å². The van der Waals surface area contributed by atoms with Crippen LogP contribution >= 0.6 is 0 Å². The third kappa shape index (κ3) is 33.7. The van der Waals surface area contributed by atoms with Gasteiger partial charge in [0.1, 0.15) is 72.6 Å². The lowest BCUT2D eigenvalue weighted by atomic mass is 9.94. The Hall–Kier alpha value is -11.9. The van der Waals surface area contributed by atoms with Crippen LogP contribution in [0.15, 0.2) is 30.5 Å². The fraction of sp³-hybridized carbons (Fsp3) is 0.611. The van der Waals surface area contributed by atoms with Crippen LogP contribution in [0.5, 0.6) is 0 Å². The minimum atomic E-state index is -2.80. The molecule has 24 N–H and O–H groups in total. The SMILES string of the molecule is CCC(C)C1NC(=O)C(C(C)CC(=O)O)NC(=O)C(CC(N)=O)NC(=O)CNC(=O)C(CC(=O)O)NC(=O)C(CCCCN)NC(=O)C(CC(=O)O)NC(=O)C(C)NC(=O)CN(C)C(=O)C(NC(=O)C(NC(=O)C(CCC(=O)O)NC(=O)C(Cc2c[nH]c3ccccc23)NC(=O)CCCCCCC(C)C)C(O)C(N)=O)C(C)OC1=O. The summed E-state index contributed by atoms with van der Waals surface area (Å²) in [5.74, 6) is -30.0. The number of aliphatic hydroxyl groups excluding tert-OH is 1. The second-order valence-corrected chi connectivity index (χ2v) is 28.6. The highest BCUT2D eigenvalue weighted by molar-refractivity contribution is 6.02. The van der Waals surface area contributed by atoms with Gasteiger partial charge in [-0.25, -0.2) is 4.79 Å². The smallest absolute Gasteiger partial charge is 0.329 e. The van der Waals surface area contributed by atoms with Crippen molar-refractivity contribution >= 4 is 129 Å². The van der Waals surface area contributed by atoms with Crippen molar-refractivity contribution in [2.45, 2.75) is 236 Å². The first-order chi connectivity index (χ1) is 54.0. The fourth-order valence-electron chi connectivity index (χ4n) is 11.9. The first-order valence-electron chi connectivity index (χ1n) is 37.4. The Bertz CT molecular complexity index is 3830. The molecule has 15 atom stereocenters. The van der Waals surface area contributed by atoms with Gasteiger partial charge in [0.15, 0.2) is 6.10 Å². The monoisotopic (exact) mass is 1630 g/mol. The normalized spacial score (nSPS) is 21.9. The van der Waals surface area contributed by atoms with Gasteiger partial charge in [-0.2, -0.15) is 0 Å². The summed E-state index contributed by atoms with van der Waals surface area (Å²) < 4.78 is 5.77. The van der Waals surface area contributed by atoms with Crippen LogP contribution in [-0.4, -0.2) is 259 Å². The molecule has 1 aliphatic heterocycles. The van der Waals surface area contributed by atoms with Crippen molar-refractivity contribution in [3.63, 3.8) is 0 Å². The summed E-state index contributed by atoms with van der Waals surface area (Å²) in [5.41, 5.74) is 17.8. The number of cyclic esters (lactones) is 1. The van der Waals surface area contributed by atoms with Gasteiger partial charge in [-0.15, -0.1) is 0 Å². The lowest BCUT2D eigenvalue weighted by Crippen LogP contribution is -2.64. The van der Waals surface area contributed by atoms with E-state index in [-0.39, 0.29) is 45.1 Å². The summed E-state index contributed by atoms with van der Waals surface area (Å²) in [7, 11) is 0.902. The summed E-state index contributed by atoms with van der Waals surface area (Å²) in [5, 5.41) is 78.0. The van der Waals surface area contributed by atoms with E-state index in [1.165, 1.54) is 13.8 Å². The second kappa shape index (κ2) is 48.2. The number of fused-ring (bicyclic) bond motifs is 1. The Kier molecular flexibility index (Phi) is 40.8. The molecule has 2 aromatic rings. The minimum absolute atomic E-state index is 0.0259. The highest BCUT2D eigenvalue weighted by Gasteiger charge is 2.43. The zero-order valence-corrected chi connectivity index (χ0v) is 65.3. The largest absolute Gasteiger partial charge is 0.481 e. The number of hydrogen-bond acceptors (Lipinski definition) is 23. The highest BCUT2D eigenvalue weighted by atomic mass is 16.5. The number of aromatic amines is 1. The zero-order chi connectivity index (χ0) is 86.7. The molecule has 15 unspecified atom stereocenters. The molecule has 15 amide bonds. The van der Waals surface area contributed by atoms with Crippen LogP contribution in [0.4, 0.5) is 0 Å². The first-order valence-corrected chi connectivity index (χ1v) is 37.4. The number of nitrogens with two attached hydrogens (primary N) is 3. The molecule has 1 fully saturated rings. The van der Waals surface area contributed by atoms with Crippen molar-refractivity contribution < 1.29 is 126 Å². The summed E-state index contributed by atoms with van der Waals surface area (Å²) in [6.45, 7) is 7.86. The van der Waals surface area contributed by atoms with Gasteiger partial charge < -0.3 is 121 Å². The molecule has 1 saturated heterocycles. The molecule has 2 heterocycles. The van der Waals surface area contributed by atoms with E-state index in [2.05, 4.69) is 72.0 Å². The molecule has 0 radical (unpaired) electrons. The summed E-state index contributed by atoms with van der Waals surface area (Å²) in [4.78, 5) is 277. The Morgan fingerprint density at radius 1 is 0.591 bits per heavy atom. The summed E-state index contributed by atoms with van der Waals surface area (Å²) in [6, 6.07) is -15.3. The lowest BCUT2D eigenvalue weighted by Gasteiger charge is -2.33. The molecule has 638 valence electrons. The van der Waals surface area contributed by atoms with Crippen molar-refractivity contribution in [3.8, 4) is 0 Å². The van der Waals surface area contributed by atoms with Crippen LogP contribution in [0.3, 0.4) is 0 Å². The lowest BCUT2D eigenvalue weighted by molar-refractivity contribution is -0.159. The van der Waals surface area contributed by atoms with Crippen LogP contribution in [0, 0.1) is 17.8 Å². The number of carboxylic acids is 4. The third-order valence-corrected chi connectivity index (χ3v) is 18.5. The van der Waals surface area contributed by atoms with Crippen LogP contribution < -0.4 is 81.0 Å². The molecule has 0 spiro atoms. The number of carboxylic acid groups (broad SMARTS) is 4. The predicted molar refractivity (Wildman–Crippen MR) is 402 cm³/mol. The number of aliphatic hydroxyl groups is 1. The topological polar surface area (TPSA) is 693 Å². The number of carbonyl (C=O) groups excluding carboxylic acids is 16. The number of nitrogens with zero attached hydrogens (tertiary/aromatic N) is 1. The summed E-state index contributed by atoms with van der Waals surface area (Å²) in [6.07, 6.45) is -5.90. The number of para-hydroxylation sites is 1. The number of amides is 15. The van der Waals surface area contributed by atoms with E-state index >= 15 is 0 Å². The molecular weight excluding hydrogens is 1520 g/mol. The number of primary amides is 2. The average Bonchev–Trinajstić information content (AvgIpc) is 1.79.